The summed E-state index contributed by atoms with van der Waals surface area (Å²) < 4.78 is 6.31. The van der Waals surface area contributed by atoms with Gasteiger partial charge in [0.25, 0.3) is 5.91 Å². The average molecular weight is 408 g/mol. The predicted octanol–water partition coefficient (Wildman–Crippen LogP) is 4.64. The van der Waals surface area contributed by atoms with Crippen molar-refractivity contribution < 1.29 is 14.3 Å². The highest BCUT2D eigenvalue weighted by atomic mass is 16.5. The van der Waals surface area contributed by atoms with Crippen molar-refractivity contribution in [3.8, 4) is 5.75 Å². The molecular formula is C26H20N2O3. The summed E-state index contributed by atoms with van der Waals surface area (Å²) in [5.41, 5.74) is 2.25. The molecule has 1 amide bonds. The number of pyridine rings is 1. The van der Waals surface area contributed by atoms with E-state index in [0.717, 1.165) is 21.8 Å². The number of ketones is 1. The Bertz CT molecular complexity index is 1330. The first-order valence-electron chi connectivity index (χ1n) is 10.5. The number of hydrogen-bond donors (Lipinski definition) is 0. The normalized spacial score (nSPS) is 20.3. The molecule has 0 radical (unpaired) electrons. The molecule has 1 spiro atoms. The number of carbonyl (C=O) groups excluding carboxylic acids is 2. The van der Waals surface area contributed by atoms with Crippen molar-refractivity contribution in [3.05, 3.63) is 83.9 Å². The summed E-state index contributed by atoms with van der Waals surface area (Å²) in [6.07, 6.45) is 0.936. The fourth-order valence-electron chi connectivity index (χ4n) is 4.92. The Morgan fingerprint density at radius 3 is 2.29 bits per heavy atom. The van der Waals surface area contributed by atoms with Crippen LogP contribution >= 0.6 is 0 Å². The van der Waals surface area contributed by atoms with Gasteiger partial charge in [-0.3, -0.25) is 9.59 Å². The smallest absolute Gasteiger partial charge is 0.255 e. The number of amides is 1. The quantitative estimate of drug-likeness (QED) is 0.431. The Labute approximate surface area is 179 Å². The van der Waals surface area contributed by atoms with E-state index >= 15 is 0 Å². The molecule has 1 fully saturated rings. The molecule has 3 aromatic carbocycles. The van der Waals surface area contributed by atoms with Crippen LogP contribution in [0.2, 0.25) is 0 Å². The van der Waals surface area contributed by atoms with Crippen molar-refractivity contribution in [1.29, 1.82) is 0 Å². The molecule has 1 unspecified atom stereocenters. The fraction of sp³-hybridized carbons (Fsp3) is 0.192. The van der Waals surface area contributed by atoms with Gasteiger partial charge >= 0.3 is 0 Å². The van der Waals surface area contributed by atoms with Crippen LogP contribution in [0.1, 0.15) is 33.6 Å². The molecule has 152 valence electrons. The summed E-state index contributed by atoms with van der Waals surface area (Å²) in [5, 5.41) is 1.69. The molecular weight excluding hydrogens is 388 g/mol. The van der Waals surface area contributed by atoms with Crippen LogP contribution in [0.15, 0.2) is 72.8 Å². The van der Waals surface area contributed by atoms with Gasteiger partial charge in [0.15, 0.2) is 5.78 Å². The Kier molecular flexibility index (Phi) is 3.87. The highest BCUT2D eigenvalue weighted by Gasteiger charge is 2.47. The van der Waals surface area contributed by atoms with Crippen LogP contribution in [0, 0.1) is 0 Å². The molecule has 6 rings (SSSR count). The number of rotatable bonds is 1. The lowest BCUT2D eigenvalue weighted by molar-refractivity contribution is 0.0429. The maximum absolute atomic E-state index is 13.8. The van der Waals surface area contributed by atoms with Gasteiger partial charge in [0.1, 0.15) is 11.4 Å². The molecule has 1 atom stereocenters. The third kappa shape index (κ3) is 2.81. The van der Waals surface area contributed by atoms with E-state index in [9.17, 15) is 9.59 Å². The van der Waals surface area contributed by atoms with Crippen molar-refractivity contribution in [2.45, 2.75) is 18.4 Å². The summed E-state index contributed by atoms with van der Waals surface area (Å²) in [6.45, 7) is 0.955. The molecule has 4 aromatic rings. The monoisotopic (exact) mass is 408 g/mol. The minimum Gasteiger partial charge on any atom is -0.484 e. The largest absolute Gasteiger partial charge is 0.484 e. The zero-order valence-corrected chi connectivity index (χ0v) is 16.9. The molecule has 31 heavy (non-hydrogen) atoms. The van der Waals surface area contributed by atoms with Gasteiger partial charge in [0, 0.05) is 23.7 Å². The summed E-state index contributed by atoms with van der Waals surface area (Å²) in [5.74, 6) is 0.658. The number of carbonyl (C=O) groups is 2. The summed E-state index contributed by atoms with van der Waals surface area (Å²) in [6, 6.07) is 22.9. The number of para-hydroxylation sites is 3. The molecule has 2 aliphatic heterocycles. The molecule has 5 nitrogen and oxygen atoms in total. The lowest BCUT2D eigenvalue weighted by Crippen LogP contribution is -2.45. The third-order valence-electron chi connectivity index (χ3n) is 6.40. The second-order valence-corrected chi connectivity index (χ2v) is 8.38. The highest BCUT2D eigenvalue weighted by molar-refractivity contribution is 6.16. The van der Waals surface area contributed by atoms with Crippen molar-refractivity contribution in [1.82, 2.24) is 9.88 Å². The summed E-state index contributed by atoms with van der Waals surface area (Å²) in [4.78, 5) is 33.1. The van der Waals surface area contributed by atoms with Crippen molar-refractivity contribution in [2.75, 3.05) is 13.1 Å². The first-order chi connectivity index (χ1) is 15.1. The number of Topliss-reactive ketones (excluding diaryl/α,β-unsaturated/α-hetero) is 1. The van der Waals surface area contributed by atoms with Crippen molar-refractivity contribution in [2.24, 2.45) is 0 Å². The maximum atomic E-state index is 13.8. The van der Waals surface area contributed by atoms with Gasteiger partial charge in [-0.15, -0.1) is 0 Å². The lowest BCUT2D eigenvalue weighted by Gasteiger charge is -2.34. The average Bonchev–Trinajstić information content (AvgIpc) is 3.19. The molecule has 3 heterocycles. The summed E-state index contributed by atoms with van der Waals surface area (Å²) in [7, 11) is 0. The maximum Gasteiger partial charge on any atom is 0.255 e. The van der Waals surface area contributed by atoms with Crippen LogP contribution in [-0.4, -0.2) is 40.3 Å². The van der Waals surface area contributed by atoms with Gasteiger partial charge in [-0.05, 0) is 24.3 Å². The van der Waals surface area contributed by atoms with E-state index < -0.39 is 5.60 Å². The molecule has 2 aliphatic rings. The van der Waals surface area contributed by atoms with E-state index in [0.29, 0.717) is 42.8 Å². The molecule has 1 saturated heterocycles. The topological polar surface area (TPSA) is 59.5 Å². The molecule has 5 heteroatoms. The van der Waals surface area contributed by atoms with Gasteiger partial charge in [-0.1, -0.05) is 48.5 Å². The van der Waals surface area contributed by atoms with Crippen LogP contribution < -0.4 is 4.74 Å². The zero-order chi connectivity index (χ0) is 21.0. The number of likely N-dealkylation sites (tertiary alicyclic amines) is 1. The first-order valence-corrected chi connectivity index (χ1v) is 10.5. The van der Waals surface area contributed by atoms with E-state index in [1.807, 2.05) is 71.6 Å². The van der Waals surface area contributed by atoms with Crippen LogP contribution in [0.25, 0.3) is 21.8 Å². The fourth-order valence-corrected chi connectivity index (χ4v) is 4.92. The van der Waals surface area contributed by atoms with Crippen LogP contribution in [-0.2, 0) is 0 Å². The summed E-state index contributed by atoms with van der Waals surface area (Å²) >= 11 is 0. The number of nitrogens with zero attached hydrogens (tertiary/aromatic N) is 2. The minimum absolute atomic E-state index is 0.0402. The van der Waals surface area contributed by atoms with Crippen LogP contribution in [0.3, 0.4) is 0 Å². The van der Waals surface area contributed by atoms with Crippen LogP contribution in [0.5, 0.6) is 5.75 Å². The molecule has 0 bridgehead atoms. The van der Waals surface area contributed by atoms with Gasteiger partial charge in [0.05, 0.1) is 35.1 Å². The number of hydrogen-bond acceptors (Lipinski definition) is 4. The Morgan fingerprint density at radius 1 is 0.903 bits per heavy atom. The van der Waals surface area contributed by atoms with E-state index in [-0.39, 0.29) is 11.7 Å². The van der Waals surface area contributed by atoms with Gasteiger partial charge < -0.3 is 9.64 Å². The zero-order valence-electron chi connectivity index (χ0n) is 16.9. The first kappa shape index (κ1) is 18.1. The Balaban J connectivity index is 1.40. The number of benzene rings is 3. The second kappa shape index (κ2) is 6.64. The molecule has 1 aromatic heterocycles. The van der Waals surface area contributed by atoms with E-state index in [2.05, 4.69) is 0 Å². The third-order valence-corrected chi connectivity index (χ3v) is 6.40. The van der Waals surface area contributed by atoms with Gasteiger partial charge in [-0.25, -0.2) is 4.98 Å². The Morgan fingerprint density at radius 2 is 1.55 bits per heavy atom. The SMILES string of the molecule is O=C1CC2(CCN(C(=O)c3c4ccccc4nc4ccccc34)C2)Oc2ccccc21. The predicted molar refractivity (Wildman–Crippen MR) is 119 cm³/mol. The number of aromatic nitrogens is 1. The minimum atomic E-state index is -0.653. The van der Waals surface area contributed by atoms with Gasteiger partial charge in [0.2, 0.25) is 0 Å². The Hall–Kier alpha value is -3.73. The molecule has 0 N–H and O–H groups in total. The van der Waals surface area contributed by atoms with E-state index in [1.54, 1.807) is 6.07 Å². The lowest BCUT2D eigenvalue weighted by atomic mass is 9.89. The van der Waals surface area contributed by atoms with E-state index in [1.165, 1.54) is 0 Å². The van der Waals surface area contributed by atoms with E-state index in [4.69, 9.17) is 9.72 Å². The second-order valence-electron chi connectivity index (χ2n) is 8.38. The van der Waals surface area contributed by atoms with Crippen LogP contribution in [0.4, 0.5) is 0 Å². The van der Waals surface area contributed by atoms with Gasteiger partial charge in [-0.2, -0.15) is 0 Å². The standard InChI is InChI=1S/C26H20N2O3/c29-22-15-26(31-23-12-6-3-9-19(22)23)13-14-28(16-26)25(30)24-17-7-1-4-10-20(17)27-21-11-5-2-8-18(21)24/h1-12H,13-16H2. The van der Waals surface area contributed by atoms with Crippen molar-refractivity contribution >= 4 is 33.5 Å². The van der Waals surface area contributed by atoms with Crippen molar-refractivity contribution in [3.63, 3.8) is 0 Å². The molecule has 0 saturated carbocycles. The molecule has 0 aliphatic carbocycles. The number of ether oxygens (including phenoxy) is 1. The highest BCUT2D eigenvalue weighted by Crippen LogP contribution is 2.39. The number of fused-ring (bicyclic) bond motifs is 3.